The van der Waals surface area contributed by atoms with E-state index in [1.165, 1.54) is 5.56 Å². The van der Waals surface area contributed by atoms with Crippen LogP contribution in [0.1, 0.15) is 47.1 Å². The first-order valence-electron chi connectivity index (χ1n) is 10.0. The first-order chi connectivity index (χ1) is 14.4. The van der Waals surface area contributed by atoms with Crippen molar-refractivity contribution in [2.45, 2.75) is 26.2 Å². The molecule has 1 aromatic carbocycles. The number of fused-ring (bicyclic) bond motifs is 1. The van der Waals surface area contributed by atoms with Gasteiger partial charge in [-0.2, -0.15) is 5.10 Å². The highest BCUT2D eigenvalue weighted by Crippen LogP contribution is 2.25. The van der Waals surface area contributed by atoms with Crippen LogP contribution < -0.4 is 0 Å². The van der Waals surface area contributed by atoms with Gasteiger partial charge in [0.15, 0.2) is 0 Å². The fourth-order valence-electron chi connectivity index (χ4n) is 3.45. The maximum atomic E-state index is 12.1. The van der Waals surface area contributed by atoms with E-state index in [4.69, 9.17) is 4.98 Å². The SMILES string of the molecule is CC(C)c1cnn2ccc(-c3ccnc(Cc4ccc(C(=O)N(C)C)cc4)n3)cc12. The van der Waals surface area contributed by atoms with Crippen molar-refractivity contribution in [3.05, 3.63) is 83.6 Å². The van der Waals surface area contributed by atoms with Crippen LogP contribution in [0.15, 0.2) is 61.1 Å². The number of aromatic nitrogens is 4. The normalized spacial score (nSPS) is 11.2. The molecule has 0 aliphatic carbocycles. The Morgan fingerprint density at radius 1 is 1.10 bits per heavy atom. The quantitative estimate of drug-likeness (QED) is 0.504. The molecule has 4 rings (SSSR count). The van der Waals surface area contributed by atoms with Gasteiger partial charge in [-0.25, -0.2) is 14.5 Å². The van der Waals surface area contributed by atoms with Gasteiger partial charge in [0.25, 0.3) is 5.91 Å². The second-order valence-electron chi connectivity index (χ2n) is 7.93. The molecule has 0 spiro atoms. The Hall–Kier alpha value is -3.54. The summed E-state index contributed by atoms with van der Waals surface area (Å²) in [6, 6.07) is 13.7. The number of amides is 1. The van der Waals surface area contributed by atoms with Crippen LogP contribution in [-0.2, 0) is 6.42 Å². The van der Waals surface area contributed by atoms with Gasteiger partial charge in [0.05, 0.1) is 17.4 Å². The van der Waals surface area contributed by atoms with Gasteiger partial charge >= 0.3 is 0 Å². The first-order valence-corrected chi connectivity index (χ1v) is 10.0. The highest BCUT2D eigenvalue weighted by molar-refractivity contribution is 5.93. The minimum Gasteiger partial charge on any atom is -0.345 e. The Bertz CT molecular complexity index is 1190. The predicted octanol–water partition coefficient (Wildman–Crippen LogP) is 4.21. The Balaban J connectivity index is 1.59. The summed E-state index contributed by atoms with van der Waals surface area (Å²) < 4.78 is 1.90. The van der Waals surface area contributed by atoms with E-state index in [1.807, 2.05) is 53.3 Å². The predicted molar refractivity (Wildman–Crippen MR) is 118 cm³/mol. The molecule has 0 radical (unpaired) electrons. The summed E-state index contributed by atoms with van der Waals surface area (Å²) in [5.41, 5.74) is 5.99. The molecule has 4 aromatic rings. The number of carbonyl (C=O) groups excluding carboxylic acids is 1. The van der Waals surface area contributed by atoms with Crippen molar-refractivity contribution in [3.63, 3.8) is 0 Å². The minimum atomic E-state index is -0.00386. The molecule has 3 heterocycles. The fourth-order valence-corrected chi connectivity index (χ4v) is 3.45. The van der Waals surface area contributed by atoms with E-state index in [1.54, 1.807) is 25.2 Å². The van der Waals surface area contributed by atoms with E-state index in [0.717, 1.165) is 28.2 Å². The van der Waals surface area contributed by atoms with Crippen molar-refractivity contribution in [2.24, 2.45) is 0 Å². The second kappa shape index (κ2) is 8.06. The van der Waals surface area contributed by atoms with Crippen LogP contribution >= 0.6 is 0 Å². The third-order valence-electron chi connectivity index (χ3n) is 5.14. The molecule has 0 N–H and O–H groups in total. The van der Waals surface area contributed by atoms with Crippen molar-refractivity contribution in [1.29, 1.82) is 0 Å². The molecule has 0 saturated carbocycles. The maximum Gasteiger partial charge on any atom is 0.253 e. The van der Waals surface area contributed by atoms with Crippen molar-refractivity contribution < 1.29 is 4.79 Å². The van der Waals surface area contributed by atoms with E-state index < -0.39 is 0 Å². The van der Waals surface area contributed by atoms with Crippen LogP contribution in [0, 0.1) is 0 Å². The maximum absolute atomic E-state index is 12.1. The molecule has 0 fully saturated rings. The molecule has 6 heteroatoms. The van der Waals surface area contributed by atoms with Gasteiger partial charge in [0.2, 0.25) is 0 Å². The summed E-state index contributed by atoms with van der Waals surface area (Å²) in [5.74, 6) is 1.15. The number of benzene rings is 1. The van der Waals surface area contributed by atoms with E-state index in [0.29, 0.717) is 17.9 Å². The van der Waals surface area contributed by atoms with Gasteiger partial charge in [-0.3, -0.25) is 4.79 Å². The van der Waals surface area contributed by atoms with E-state index >= 15 is 0 Å². The summed E-state index contributed by atoms with van der Waals surface area (Å²) >= 11 is 0. The Kier molecular flexibility index (Phi) is 5.31. The zero-order valence-corrected chi connectivity index (χ0v) is 17.7. The summed E-state index contributed by atoms with van der Waals surface area (Å²) in [6.07, 6.45) is 6.31. The average Bonchev–Trinajstić information content (AvgIpc) is 3.17. The molecule has 152 valence electrons. The molecule has 0 saturated heterocycles. The van der Waals surface area contributed by atoms with Crippen molar-refractivity contribution in [3.8, 4) is 11.3 Å². The van der Waals surface area contributed by atoms with Crippen LogP contribution in [0.4, 0.5) is 0 Å². The topological polar surface area (TPSA) is 63.4 Å². The molecule has 30 heavy (non-hydrogen) atoms. The number of carbonyl (C=O) groups is 1. The number of rotatable bonds is 5. The third kappa shape index (κ3) is 3.94. The fraction of sp³-hybridized carbons (Fsp3) is 0.250. The summed E-state index contributed by atoms with van der Waals surface area (Å²) in [6.45, 7) is 4.34. The molecule has 0 aliphatic heterocycles. The van der Waals surface area contributed by atoms with E-state index in [-0.39, 0.29) is 5.91 Å². The van der Waals surface area contributed by atoms with Gasteiger partial charge in [0, 0.05) is 49.6 Å². The largest absolute Gasteiger partial charge is 0.345 e. The molecule has 3 aromatic heterocycles. The molecule has 0 aliphatic rings. The summed E-state index contributed by atoms with van der Waals surface area (Å²) in [7, 11) is 3.50. The highest BCUT2D eigenvalue weighted by atomic mass is 16.2. The van der Waals surface area contributed by atoms with Gasteiger partial charge in [-0.05, 0) is 41.8 Å². The molecule has 0 atom stereocenters. The number of hydrogen-bond donors (Lipinski definition) is 0. The van der Waals surface area contributed by atoms with Gasteiger partial charge < -0.3 is 4.90 Å². The molecule has 0 bridgehead atoms. The van der Waals surface area contributed by atoms with Crippen molar-refractivity contribution in [2.75, 3.05) is 14.1 Å². The van der Waals surface area contributed by atoms with E-state index in [9.17, 15) is 4.79 Å². The van der Waals surface area contributed by atoms with Crippen LogP contribution in [0.2, 0.25) is 0 Å². The average molecular weight is 399 g/mol. The van der Waals surface area contributed by atoms with Crippen LogP contribution in [0.5, 0.6) is 0 Å². The third-order valence-corrected chi connectivity index (χ3v) is 5.14. The van der Waals surface area contributed by atoms with Crippen LogP contribution in [0.3, 0.4) is 0 Å². The lowest BCUT2D eigenvalue weighted by Crippen LogP contribution is -2.21. The van der Waals surface area contributed by atoms with Gasteiger partial charge in [0.1, 0.15) is 5.82 Å². The summed E-state index contributed by atoms with van der Waals surface area (Å²) in [4.78, 5) is 22.8. The van der Waals surface area contributed by atoms with Crippen molar-refractivity contribution >= 4 is 11.4 Å². The standard InChI is InChI=1S/C24H25N5O/c1-16(2)20-15-26-29-12-10-19(14-22(20)29)21-9-11-25-23(27-21)13-17-5-7-18(8-6-17)24(30)28(3)4/h5-12,14-16H,13H2,1-4H3. The molecule has 6 nitrogen and oxygen atoms in total. The molecule has 0 unspecified atom stereocenters. The Morgan fingerprint density at radius 3 is 2.57 bits per heavy atom. The number of hydrogen-bond acceptors (Lipinski definition) is 4. The number of nitrogens with zero attached hydrogens (tertiary/aromatic N) is 5. The monoisotopic (exact) mass is 399 g/mol. The zero-order valence-electron chi connectivity index (χ0n) is 17.7. The molecular formula is C24H25N5O. The highest BCUT2D eigenvalue weighted by Gasteiger charge is 2.11. The minimum absolute atomic E-state index is 0.00386. The lowest BCUT2D eigenvalue weighted by molar-refractivity contribution is 0.0827. The molecular weight excluding hydrogens is 374 g/mol. The second-order valence-corrected chi connectivity index (χ2v) is 7.93. The lowest BCUT2D eigenvalue weighted by Gasteiger charge is -2.10. The first kappa shape index (κ1) is 19.8. The van der Waals surface area contributed by atoms with Crippen LogP contribution in [-0.4, -0.2) is 44.5 Å². The zero-order chi connectivity index (χ0) is 21.3. The Morgan fingerprint density at radius 2 is 1.87 bits per heavy atom. The van der Waals surface area contributed by atoms with Gasteiger partial charge in [-0.15, -0.1) is 0 Å². The number of pyridine rings is 1. The van der Waals surface area contributed by atoms with Crippen molar-refractivity contribution in [1.82, 2.24) is 24.5 Å². The van der Waals surface area contributed by atoms with Crippen LogP contribution in [0.25, 0.3) is 16.8 Å². The lowest BCUT2D eigenvalue weighted by atomic mass is 10.0. The summed E-state index contributed by atoms with van der Waals surface area (Å²) in [5, 5.41) is 4.44. The smallest absolute Gasteiger partial charge is 0.253 e. The van der Waals surface area contributed by atoms with Gasteiger partial charge in [-0.1, -0.05) is 26.0 Å². The Labute approximate surface area is 176 Å². The van der Waals surface area contributed by atoms with E-state index in [2.05, 4.69) is 30.0 Å². The molecule has 1 amide bonds.